The molecule has 20 heavy (non-hydrogen) atoms. The van der Waals surface area contributed by atoms with Crippen LogP contribution in [0.25, 0.3) is 0 Å². The van der Waals surface area contributed by atoms with Gasteiger partial charge in [-0.05, 0) is 30.3 Å². The van der Waals surface area contributed by atoms with Crippen LogP contribution in [0, 0.1) is 0 Å². The van der Waals surface area contributed by atoms with E-state index in [9.17, 15) is 21.6 Å². The van der Waals surface area contributed by atoms with E-state index >= 15 is 0 Å². The Morgan fingerprint density at radius 3 is 2.00 bits per heavy atom. The first kappa shape index (κ1) is 17.0. The molecule has 0 spiro atoms. The van der Waals surface area contributed by atoms with Crippen molar-refractivity contribution in [2.75, 3.05) is 10.5 Å². The fourth-order valence-electron chi connectivity index (χ4n) is 1.40. The Bertz CT molecular complexity index is 548. The molecule has 0 saturated heterocycles. The van der Waals surface area contributed by atoms with Crippen LogP contribution < -0.4 is 4.72 Å². The van der Waals surface area contributed by atoms with Crippen LogP contribution in [0.15, 0.2) is 24.3 Å². The molecule has 0 saturated carbocycles. The van der Waals surface area contributed by atoms with Crippen molar-refractivity contribution >= 4 is 23.8 Å². The third kappa shape index (κ3) is 5.95. The third-order valence-electron chi connectivity index (χ3n) is 2.61. The summed E-state index contributed by atoms with van der Waals surface area (Å²) in [6, 6.07) is 4.56. The first-order valence-corrected chi connectivity index (χ1v) is 11.4. The van der Waals surface area contributed by atoms with Gasteiger partial charge in [-0.3, -0.25) is 4.72 Å². The van der Waals surface area contributed by atoms with Crippen LogP contribution in [-0.2, 0) is 16.2 Å². The van der Waals surface area contributed by atoms with E-state index in [1.807, 2.05) is 0 Å². The SMILES string of the molecule is C[Si](C)(C)CCS(=O)(=O)Nc1ccc(C(F)(F)F)cc1. The molecule has 0 heterocycles. The maximum absolute atomic E-state index is 12.4. The Kier molecular flexibility index (Phi) is 4.91. The van der Waals surface area contributed by atoms with Gasteiger partial charge in [-0.2, -0.15) is 13.2 Å². The molecule has 1 aromatic carbocycles. The molecule has 3 nitrogen and oxygen atoms in total. The predicted octanol–water partition coefficient (Wildman–Crippen LogP) is 3.79. The molecule has 0 aliphatic rings. The molecule has 0 radical (unpaired) electrons. The minimum absolute atomic E-state index is 0.0102. The smallest absolute Gasteiger partial charge is 0.284 e. The lowest BCUT2D eigenvalue weighted by atomic mass is 10.2. The monoisotopic (exact) mass is 325 g/mol. The predicted molar refractivity (Wildman–Crippen MR) is 77.0 cm³/mol. The maximum Gasteiger partial charge on any atom is 0.416 e. The molecule has 0 amide bonds. The van der Waals surface area contributed by atoms with Crippen molar-refractivity contribution in [1.29, 1.82) is 0 Å². The Hall–Kier alpha value is -1.02. The number of sulfonamides is 1. The van der Waals surface area contributed by atoms with E-state index in [-0.39, 0.29) is 11.4 Å². The molecule has 0 aliphatic heterocycles. The van der Waals surface area contributed by atoms with Crippen molar-refractivity contribution in [3.63, 3.8) is 0 Å². The number of nitrogens with one attached hydrogen (secondary N) is 1. The number of rotatable bonds is 5. The van der Waals surface area contributed by atoms with Crippen molar-refractivity contribution in [2.24, 2.45) is 0 Å². The quantitative estimate of drug-likeness (QED) is 0.837. The van der Waals surface area contributed by atoms with Gasteiger partial charge in [0.2, 0.25) is 10.0 Å². The Morgan fingerprint density at radius 2 is 1.60 bits per heavy atom. The van der Waals surface area contributed by atoms with Gasteiger partial charge in [0, 0.05) is 13.8 Å². The van der Waals surface area contributed by atoms with Crippen LogP contribution >= 0.6 is 0 Å². The lowest BCUT2D eigenvalue weighted by molar-refractivity contribution is -0.137. The van der Waals surface area contributed by atoms with Gasteiger partial charge in [0.1, 0.15) is 0 Å². The molecule has 0 atom stereocenters. The first-order valence-electron chi connectivity index (χ1n) is 6.07. The standard InChI is InChI=1S/C12H18F3NO2SSi/c1-20(2,3)9-8-19(17,18)16-11-6-4-10(5-7-11)12(13,14)15/h4-7,16H,8-9H2,1-3H3. The second-order valence-electron chi connectivity index (χ2n) is 5.81. The first-order chi connectivity index (χ1) is 8.89. The molecular formula is C12H18F3NO2SSi. The highest BCUT2D eigenvalue weighted by atomic mass is 32.2. The molecule has 0 unspecified atom stereocenters. The topological polar surface area (TPSA) is 46.2 Å². The van der Waals surface area contributed by atoms with E-state index in [0.717, 1.165) is 24.3 Å². The van der Waals surface area contributed by atoms with Crippen LogP contribution in [0.2, 0.25) is 25.7 Å². The van der Waals surface area contributed by atoms with E-state index in [1.165, 1.54) is 0 Å². The van der Waals surface area contributed by atoms with Gasteiger partial charge in [-0.25, -0.2) is 8.42 Å². The normalized spacial score (nSPS) is 13.3. The van der Waals surface area contributed by atoms with E-state index < -0.39 is 29.8 Å². The average molecular weight is 325 g/mol. The molecule has 0 aromatic heterocycles. The fraction of sp³-hybridized carbons (Fsp3) is 0.500. The Morgan fingerprint density at radius 1 is 1.10 bits per heavy atom. The van der Waals surface area contributed by atoms with Crippen LogP contribution in [0.1, 0.15) is 5.56 Å². The lowest BCUT2D eigenvalue weighted by Gasteiger charge is -2.16. The molecule has 114 valence electrons. The summed E-state index contributed by atoms with van der Waals surface area (Å²) in [4.78, 5) is 0. The number of hydrogen-bond acceptors (Lipinski definition) is 2. The fourth-order valence-corrected chi connectivity index (χ4v) is 5.52. The van der Waals surface area contributed by atoms with Crippen molar-refractivity contribution in [2.45, 2.75) is 31.9 Å². The summed E-state index contributed by atoms with van der Waals surface area (Å²) < 4.78 is 63.1. The number of hydrogen-bond donors (Lipinski definition) is 1. The largest absolute Gasteiger partial charge is 0.416 e. The van der Waals surface area contributed by atoms with E-state index in [4.69, 9.17) is 0 Å². The summed E-state index contributed by atoms with van der Waals surface area (Å²) in [5, 5.41) is 0. The van der Waals surface area contributed by atoms with Crippen molar-refractivity contribution < 1.29 is 21.6 Å². The van der Waals surface area contributed by atoms with E-state index in [1.54, 1.807) is 0 Å². The summed E-state index contributed by atoms with van der Waals surface area (Å²) in [6.07, 6.45) is -4.42. The molecule has 1 aromatic rings. The van der Waals surface area contributed by atoms with Crippen molar-refractivity contribution in [1.82, 2.24) is 0 Å². The molecule has 0 aliphatic carbocycles. The van der Waals surface area contributed by atoms with Gasteiger partial charge in [-0.15, -0.1) is 0 Å². The lowest BCUT2D eigenvalue weighted by Crippen LogP contribution is -2.26. The number of anilines is 1. The van der Waals surface area contributed by atoms with Gasteiger partial charge in [-0.1, -0.05) is 19.6 Å². The van der Waals surface area contributed by atoms with E-state index in [0.29, 0.717) is 6.04 Å². The zero-order chi connectivity index (χ0) is 15.6. The summed E-state index contributed by atoms with van der Waals surface area (Å²) in [6.45, 7) is 6.17. The summed E-state index contributed by atoms with van der Waals surface area (Å²) >= 11 is 0. The molecule has 0 fully saturated rings. The molecule has 1 rings (SSSR count). The van der Waals surface area contributed by atoms with Crippen LogP contribution in [0.4, 0.5) is 18.9 Å². The van der Waals surface area contributed by atoms with Gasteiger partial charge < -0.3 is 0 Å². The van der Waals surface area contributed by atoms with Gasteiger partial charge >= 0.3 is 6.18 Å². The highest BCUT2D eigenvalue weighted by Crippen LogP contribution is 2.30. The zero-order valence-electron chi connectivity index (χ0n) is 11.6. The molecular weight excluding hydrogens is 307 g/mol. The van der Waals surface area contributed by atoms with Gasteiger partial charge in [0.25, 0.3) is 0 Å². The highest BCUT2D eigenvalue weighted by Gasteiger charge is 2.30. The second-order valence-corrected chi connectivity index (χ2v) is 13.3. The van der Waals surface area contributed by atoms with Crippen LogP contribution in [-0.4, -0.2) is 22.2 Å². The zero-order valence-corrected chi connectivity index (χ0v) is 13.4. The number of benzene rings is 1. The van der Waals surface area contributed by atoms with Crippen LogP contribution in [0.3, 0.4) is 0 Å². The average Bonchev–Trinajstić information content (AvgIpc) is 2.25. The van der Waals surface area contributed by atoms with Gasteiger partial charge in [0.15, 0.2) is 0 Å². The second kappa shape index (κ2) is 5.77. The minimum atomic E-state index is -4.42. The Balaban J connectivity index is 2.73. The number of alkyl halides is 3. The highest BCUT2D eigenvalue weighted by molar-refractivity contribution is 7.92. The maximum atomic E-state index is 12.4. The van der Waals surface area contributed by atoms with Gasteiger partial charge in [0.05, 0.1) is 11.3 Å². The van der Waals surface area contributed by atoms with E-state index in [2.05, 4.69) is 24.4 Å². The summed E-state index contributed by atoms with van der Waals surface area (Å²) in [5.74, 6) is -0.0102. The number of halogens is 3. The van der Waals surface area contributed by atoms with Crippen molar-refractivity contribution in [3.05, 3.63) is 29.8 Å². The van der Waals surface area contributed by atoms with Crippen LogP contribution in [0.5, 0.6) is 0 Å². The summed E-state index contributed by atoms with van der Waals surface area (Å²) in [7, 11) is -5.00. The third-order valence-corrected chi connectivity index (χ3v) is 6.01. The Labute approximate surface area is 118 Å². The van der Waals surface area contributed by atoms with Crippen molar-refractivity contribution in [3.8, 4) is 0 Å². The molecule has 0 bridgehead atoms. The molecule has 8 heteroatoms. The molecule has 1 N–H and O–H groups in total. The minimum Gasteiger partial charge on any atom is -0.284 e. The summed E-state index contributed by atoms with van der Waals surface area (Å²) in [5.41, 5.74) is -0.656.